The van der Waals surface area contributed by atoms with Gasteiger partial charge in [-0.2, -0.15) is 0 Å². The van der Waals surface area contributed by atoms with Gasteiger partial charge in [-0.3, -0.25) is 9.36 Å². The second-order valence-electron chi connectivity index (χ2n) is 4.88. The summed E-state index contributed by atoms with van der Waals surface area (Å²) in [6, 6.07) is 5.85. The average Bonchev–Trinajstić information content (AvgIpc) is 2.84. The molecule has 1 aromatic carbocycles. The van der Waals surface area contributed by atoms with Crippen LogP contribution in [0.15, 0.2) is 29.3 Å². The van der Waals surface area contributed by atoms with Crippen molar-refractivity contribution < 1.29 is 4.74 Å². The highest BCUT2D eigenvalue weighted by atomic mass is 16.5. The number of rotatable bonds is 3. The Morgan fingerprint density at radius 1 is 1.33 bits per heavy atom. The summed E-state index contributed by atoms with van der Waals surface area (Å²) in [4.78, 5) is 16.6. The molecule has 0 N–H and O–H groups in total. The molecule has 3 rings (SSSR count). The van der Waals surface area contributed by atoms with Gasteiger partial charge >= 0.3 is 0 Å². The molecule has 0 fully saturated rings. The smallest absolute Gasteiger partial charge is 0.283 e. The van der Waals surface area contributed by atoms with Crippen molar-refractivity contribution in [3.8, 4) is 5.75 Å². The second kappa shape index (κ2) is 5.01. The van der Waals surface area contributed by atoms with Gasteiger partial charge < -0.3 is 4.74 Å². The van der Waals surface area contributed by atoms with E-state index in [0.29, 0.717) is 12.2 Å². The van der Waals surface area contributed by atoms with Gasteiger partial charge in [0.05, 0.1) is 13.7 Å². The third-order valence-corrected chi connectivity index (χ3v) is 3.36. The van der Waals surface area contributed by atoms with E-state index in [2.05, 4.69) is 15.3 Å². The van der Waals surface area contributed by atoms with Gasteiger partial charge in [0.1, 0.15) is 12.1 Å². The lowest BCUT2D eigenvalue weighted by Gasteiger charge is -2.10. The Kier molecular flexibility index (Phi) is 3.17. The molecule has 0 saturated carbocycles. The zero-order valence-corrected chi connectivity index (χ0v) is 12.1. The first-order valence-electron chi connectivity index (χ1n) is 6.48. The van der Waals surface area contributed by atoms with Crippen LogP contribution in [0.1, 0.15) is 11.1 Å². The van der Waals surface area contributed by atoms with Crippen LogP contribution in [-0.4, -0.2) is 31.7 Å². The van der Waals surface area contributed by atoms with E-state index in [1.165, 1.54) is 15.6 Å². The number of fused-ring (bicyclic) bond motifs is 1. The molecule has 0 aliphatic heterocycles. The van der Waals surface area contributed by atoms with Crippen LogP contribution >= 0.6 is 0 Å². The number of ether oxygens (including phenoxy) is 1. The van der Waals surface area contributed by atoms with Crippen LogP contribution in [0, 0.1) is 6.92 Å². The van der Waals surface area contributed by atoms with E-state index in [4.69, 9.17) is 4.74 Å². The Morgan fingerprint density at radius 2 is 2.14 bits per heavy atom. The molecule has 0 aliphatic carbocycles. The molecule has 3 aromatic rings. The van der Waals surface area contributed by atoms with Crippen LogP contribution in [0.4, 0.5) is 0 Å². The fourth-order valence-electron chi connectivity index (χ4n) is 2.28. The van der Waals surface area contributed by atoms with Crippen LogP contribution < -0.4 is 10.3 Å². The molecule has 0 bridgehead atoms. The largest absolute Gasteiger partial charge is 0.496 e. The zero-order chi connectivity index (χ0) is 15.0. The summed E-state index contributed by atoms with van der Waals surface area (Å²) in [5, 5.41) is 7.68. The number of aryl methyl sites for hydroxylation is 2. The minimum absolute atomic E-state index is 0.211. The van der Waals surface area contributed by atoms with Gasteiger partial charge in [0.25, 0.3) is 5.56 Å². The lowest BCUT2D eigenvalue weighted by atomic mass is 10.1. The molecule has 21 heavy (non-hydrogen) atoms. The Labute approximate surface area is 120 Å². The van der Waals surface area contributed by atoms with Crippen LogP contribution in [0.2, 0.25) is 0 Å². The fourth-order valence-corrected chi connectivity index (χ4v) is 2.28. The number of hydrogen-bond donors (Lipinski definition) is 0. The molecule has 0 radical (unpaired) electrons. The number of benzene rings is 1. The molecule has 2 aromatic heterocycles. The first-order chi connectivity index (χ1) is 10.1. The standard InChI is InChI=1S/C14H15N5O2/c1-9-4-5-11(21-3)10(6-9)7-19-8-15-13-12(14(19)20)16-17-18(13)2/h4-6,8H,7H2,1-3H3. The summed E-state index contributed by atoms with van der Waals surface area (Å²) in [6.45, 7) is 2.37. The van der Waals surface area contributed by atoms with Crippen molar-refractivity contribution >= 4 is 11.2 Å². The van der Waals surface area contributed by atoms with Crippen molar-refractivity contribution in [3.63, 3.8) is 0 Å². The van der Waals surface area contributed by atoms with E-state index < -0.39 is 0 Å². The van der Waals surface area contributed by atoms with E-state index >= 15 is 0 Å². The third-order valence-electron chi connectivity index (χ3n) is 3.36. The summed E-state index contributed by atoms with van der Waals surface area (Å²) in [7, 11) is 3.32. The van der Waals surface area contributed by atoms with Crippen LogP contribution in [0.25, 0.3) is 11.2 Å². The number of aromatic nitrogens is 5. The Morgan fingerprint density at radius 3 is 2.90 bits per heavy atom. The summed E-state index contributed by atoms with van der Waals surface area (Å²) in [6.07, 6.45) is 1.51. The van der Waals surface area contributed by atoms with Crippen LogP contribution in [-0.2, 0) is 13.6 Å². The quantitative estimate of drug-likeness (QED) is 0.714. The van der Waals surface area contributed by atoms with Crippen LogP contribution in [0.3, 0.4) is 0 Å². The predicted molar refractivity (Wildman–Crippen MR) is 77.4 cm³/mol. The molecule has 0 unspecified atom stereocenters. The van der Waals surface area contributed by atoms with Gasteiger partial charge in [-0.25, -0.2) is 9.67 Å². The molecule has 0 aliphatic rings. The predicted octanol–water partition coefficient (Wildman–Crippen LogP) is 0.890. The number of hydrogen-bond acceptors (Lipinski definition) is 5. The van der Waals surface area contributed by atoms with Crippen molar-refractivity contribution in [2.24, 2.45) is 7.05 Å². The average molecular weight is 285 g/mol. The van der Waals surface area contributed by atoms with Crippen molar-refractivity contribution in [2.75, 3.05) is 7.11 Å². The molecule has 7 nitrogen and oxygen atoms in total. The number of nitrogens with zero attached hydrogens (tertiary/aromatic N) is 5. The van der Waals surface area contributed by atoms with E-state index in [1.807, 2.05) is 25.1 Å². The second-order valence-corrected chi connectivity index (χ2v) is 4.88. The van der Waals surface area contributed by atoms with Gasteiger partial charge in [-0.15, -0.1) is 5.10 Å². The maximum absolute atomic E-state index is 12.4. The fraction of sp³-hybridized carbons (Fsp3) is 0.286. The normalized spacial score (nSPS) is 11.0. The van der Waals surface area contributed by atoms with Crippen LogP contribution in [0.5, 0.6) is 5.75 Å². The Hall–Kier alpha value is -2.70. The summed E-state index contributed by atoms with van der Waals surface area (Å²) < 4.78 is 8.32. The molecule has 108 valence electrons. The van der Waals surface area contributed by atoms with Gasteiger partial charge in [0, 0.05) is 12.6 Å². The highest BCUT2D eigenvalue weighted by molar-refractivity contribution is 5.67. The van der Waals surface area contributed by atoms with E-state index in [-0.39, 0.29) is 11.1 Å². The molecule has 0 saturated heterocycles. The molecular formula is C14H15N5O2. The lowest BCUT2D eigenvalue weighted by molar-refractivity contribution is 0.408. The maximum atomic E-state index is 12.4. The first-order valence-corrected chi connectivity index (χ1v) is 6.48. The van der Waals surface area contributed by atoms with E-state index in [1.54, 1.807) is 14.2 Å². The first kappa shape index (κ1) is 13.3. The van der Waals surface area contributed by atoms with Crippen molar-refractivity contribution in [2.45, 2.75) is 13.5 Å². The molecule has 2 heterocycles. The highest BCUT2D eigenvalue weighted by Gasteiger charge is 2.11. The number of methoxy groups -OCH3 is 1. The minimum Gasteiger partial charge on any atom is -0.496 e. The molecule has 0 amide bonds. The van der Waals surface area contributed by atoms with Gasteiger partial charge in [-0.1, -0.05) is 22.9 Å². The summed E-state index contributed by atoms with van der Waals surface area (Å²) in [5.41, 5.74) is 2.56. The maximum Gasteiger partial charge on any atom is 0.283 e. The molecule has 0 atom stereocenters. The van der Waals surface area contributed by atoms with Gasteiger partial charge in [0.15, 0.2) is 11.2 Å². The Bertz CT molecular complexity index is 865. The lowest BCUT2D eigenvalue weighted by Crippen LogP contribution is -2.21. The van der Waals surface area contributed by atoms with Crippen molar-refractivity contribution in [1.82, 2.24) is 24.5 Å². The minimum atomic E-state index is -0.211. The van der Waals surface area contributed by atoms with E-state index in [0.717, 1.165) is 16.9 Å². The summed E-state index contributed by atoms with van der Waals surface area (Å²) >= 11 is 0. The van der Waals surface area contributed by atoms with Gasteiger partial charge in [-0.05, 0) is 13.0 Å². The zero-order valence-electron chi connectivity index (χ0n) is 12.1. The van der Waals surface area contributed by atoms with Gasteiger partial charge in [0.2, 0.25) is 0 Å². The SMILES string of the molecule is COc1ccc(C)cc1Cn1cnc2c(nnn2C)c1=O. The van der Waals surface area contributed by atoms with Crippen molar-refractivity contribution in [1.29, 1.82) is 0 Å². The molecule has 7 heteroatoms. The molecular weight excluding hydrogens is 270 g/mol. The third kappa shape index (κ3) is 2.26. The summed E-state index contributed by atoms with van der Waals surface area (Å²) in [5.74, 6) is 0.742. The Balaban J connectivity index is 2.08. The van der Waals surface area contributed by atoms with E-state index in [9.17, 15) is 4.79 Å². The van der Waals surface area contributed by atoms with Crippen molar-refractivity contribution in [3.05, 3.63) is 46.0 Å². The topological polar surface area (TPSA) is 74.8 Å². The molecule has 0 spiro atoms. The highest BCUT2D eigenvalue weighted by Crippen LogP contribution is 2.20. The monoisotopic (exact) mass is 285 g/mol.